The van der Waals surface area contributed by atoms with Gasteiger partial charge in [-0.15, -0.1) is 11.8 Å². The zero-order chi connectivity index (χ0) is 11.5. The van der Waals surface area contributed by atoms with Gasteiger partial charge in [0.1, 0.15) is 0 Å². The molecule has 1 atom stereocenters. The van der Waals surface area contributed by atoms with Crippen LogP contribution >= 0.6 is 11.8 Å². The number of hydrogen-bond acceptors (Lipinski definition) is 3. The summed E-state index contributed by atoms with van der Waals surface area (Å²) in [6.45, 7) is 2.03. The van der Waals surface area contributed by atoms with Crippen LogP contribution < -0.4 is 5.32 Å². The second kappa shape index (κ2) is 5.02. The van der Waals surface area contributed by atoms with Crippen LogP contribution in [-0.4, -0.2) is 24.6 Å². The summed E-state index contributed by atoms with van der Waals surface area (Å²) in [5.74, 6) is 1.36. The predicted molar refractivity (Wildman–Crippen MR) is 68.3 cm³/mol. The number of hydrogen-bond donors (Lipinski definition) is 1. The molecule has 3 heteroatoms. The first-order valence-corrected chi connectivity index (χ1v) is 6.72. The molecule has 1 aliphatic rings. The van der Waals surface area contributed by atoms with Crippen molar-refractivity contribution in [3.63, 3.8) is 0 Å². The minimum Gasteiger partial charge on any atom is -0.310 e. The first-order valence-electron chi connectivity index (χ1n) is 5.73. The monoisotopic (exact) mass is 235 g/mol. The van der Waals surface area contributed by atoms with Gasteiger partial charge in [-0.05, 0) is 37.6 Å². The quantitative estimate of drug-likeness (QED) is 0.813. The van der Waals surface area contributed by atoms with Crippen molar-refractivity contribution in [1.82, 2.24) is 5.32 Å². The molecular weight excluding hydrogens is 218 g/mol. The van der Waals surface area contributed by atoms with Crippen LogP contribution in [0.2, 0.25) is 0 Å². The van der Waals surface area contributed by atoms with Gasteiger partial charge in [-0.2, -0.15) is 0 Å². The molecule has 0 saturated carbocycles. The van der Waals surface area contributed by atoms with Crippen molar-refractivity contribution in [2.75, 3.05) is 12.8 Å². The Morgan fingerprint density at radius 1 is 1.56 bits per heavy atom. The lowest BCUT2D eigenvalue weighted by Crippen LogP contribution is -2.33. The standard InChI is InChI=1S/C13H17NOS/c1-3-11(14-2)13(15)10-4-5-12-9(8-10)6-7-16-12/h4-5,8,11,14H,3,6-7H2,1-2H3. The Morgan fingerprint density at radius 3 is 3.06 bits per heavy atom. The third-order valence-electron chi connectivity index (χ3n) is 3.05. The number of rotatable bonds is 4. The molecule has 0 aromatic heterocycles. The number of nitrogens with one attached hydrogen (secondary N) is 1. The highest BCUT2D eigenvalue weighted by Crippen LogP contribution is 2.31. The van der Waals surface area contributed by atoms with Gasteiger partial charge >= 0.3 is 0 Å². The molecular formula is C13H17NOS. The number of thioether (sulfide) groups is 1. The fourth-order valence-corrected chi connectivity index (χ4v) is 3.11. The Balaban J connectivity index is 2.24. The van der Waals surface area contributed by atoms with Gasteiger partial charge in [-0.3, -0.25) is 4.79 Å². The number of fused-ring (bicyclic) bond motifs is 1. The van der Waals surface area contributed by atoms with Crippen LogP contribution in [0.25, 0.3) is 0 Å². The average Bonchev–Trinajstić information content (AvgIpc) is 2.77. The Bertz CT molecular complexity index is 399. The maximum atomic E-state index is 12.1. The summed E-state index contributed by atoms with van der Waals surface area (Å²) in [5, 5.41) is 3.06. The van der Waals surface area contributed by atoms with E-state index in [4.69, 9.17) is 0 Å². The number of ketones is 1. The molecule has 1 aromatic rings. The molecule has 0 fully saturated rings. The zero-order valence-corrected chi connectivity index (χ0v) is 10.6. The fraction of sp³-hybridized carbons (Fsp3) is 0.462. The number of likely N-dealkylation sites (N-methyl/N-ethyl adjacent to an activating group) is 1. The third kappa shape index (κ3) is 2.15. The molecule has 1 aromatic carbocycles. The van der Waals surface area contributed by atoms with Gasteiger partial charge in [0.2, 0.25) is 0 Å². The number of carbonyl (C=O) groups excluding carboxylic acids is 1. The summed E-state index contributed by atoms with van der Waals surface area (Å²) in [6, 6.07) is 6.06. The van der Waals surface area contributed by atoms with Crippen molar-refractivity contribution in [2.45, 2.75) is 30.7 Å². The number of benzene rings is 1. The lowest BCUT2D eigenvalue weighted by molar-refractivity contribution is 0.0945. The van der Waals surface area contributed by atoms with Crippen molar-refractivity contribution in [3.8, 4) is 0 Å². The van der Waals surface area contributed by atoms with Crippen LogP contribution in [0.15, 0.2) is 23.1 Å². The van der Waals surface area contributed by atoms with Gasteiger partial charge in [-0.1, -0.05) is 13.0 Å². The number of aryl methyl sites for hydroxylation is 1. The average molecular weight is 235 g/mol. The predicted octanol–water partition coefficient (Wildman–Crippen LogP) is 2.52. The van der Waals surface area contributed by atoms with E-state index >= 15 is 0 Å². The summed E-state index contributed by atoms with van der Waals surface area (Å²) in [6.07, 6.45) is 1.93. The molecule has 2 nitrogen and oxygen atoms in total. The van der Waals surface area contributed by atoms with Crippen LogP contribution in [0.5, 0.6) is 0 Å². The van der Waals surface area contributed by atoms with Crippen LogP contribution in [0.1, 0.15) is 29.3 Å². The maximum Gasteiger partial charge on any atom is 0.179 e. The van der Waals surface area contributed by atoms with Gasteiger partial charge in [0.25, 0.3) is 0 Å². The summed E-state index contributed by atoms with van der Waals surface area (Å²) in [4.78, 5) is 13.5. The fourth-order valence-electron chi connectivity index (χ4n) is 2.06. The summed E-state index contributed by atoms with van der Waals surface area (Å²) >= 11 is 1.88. The first-order chi connectivity index (χ1) is 7.76. The molecule has 0 amide bonds. The first kappa shape index (κ1) is 11.7. The SMILES string of the molecule is CCC(NC)C(=O)c1ccc2c(c1)CCS2. The van der Waals surface area contributed by atoms with E-state index in [1.807, 2.05) is 31.8 Å². The highest BCUT2D eigenvalue weighted by atomic mass is 32.2. The second-order valence-corrected chi connectivity index (χ2v) is 5.17. The molecule has 0 bridgehead atoms. The summed E-state index contributed by atoms with van der Waals surface area (Å²) < 4.78 is 0. The van der Waals surface area contributed by atoms with E-state index in [9.17, 15) is 4.79 Å². The molecule has 0 saturated heterocycles. The van der Waals surface area contributed by atoms with E-state index in [0.717, 1.165) is 24.2 Å². The molecule has 86 valence electrons. The topological polar surface area (TPSA) is 29.1 Å². The Hall–Kier alpha value is -0.800. The van der Waals surface area contributed by atoms with E-state index in [0.29, 0.717) is 0 Å². The molecule has 0 spiro atoms. The van der Waals surface area contributed by atoms with Crippen molar-refractivity contribution in [2.24, 2.45) is 0 Å². The molecule has 1 heterocycles. The van der Waals surface area contributed by atoms with Gasteiger partial charge in [0.05, 0.1) is 6.04 Å². The molecule has 16 heavy (non-hydrogen) atoms. The molecule has 1 aliphatic heterocycles. The molecule has 2 rings (SSSR count). The van der Waals surface area contributed by atoms with Crippen molar-refractivity contribution in [3.05, 3.63) is 29.3 Å². The van der Waals surface area contributed by atoms with Crippen LogP contribution in [0.3, 0.4) is 0 Å². The zero-order valence-electron chi connectivity index (χ0n) is 9.75. The van der Waals surface area contributed by atoms with Crippen LogP contribution in [0, 0.1) is 0 Å². The van der Waals surface area contributed by atoms with Crippen LogP contribution in [-0.2, 0) is 6.42 Å². The minimum absolute atomic E-state index is 0.0490. The second-order valence-electron chi connectivity index (χ2n) is 4.03. The Labute approximate surface area is 101 Å². The Morgan fingerprint density at radius 2 is 2.38 bits per heavy atom. The van der Waals surface area contributed by atoms with Crippen LogP contribution in [0.4, 0.5) is 0 Å². The Kier molecular flexibility index (Phi) is 3.66. The number of carbonyl (C=O) groups is 1. The highest BCUT2D eigenvalue weighted by molar-refractivity contribution is 7.99. The lowest BCUT2D eigenvalue weighted by atomic mass is 10.00. The van der Waals surface area contributed by atoms with Gasteiger partial charge in [-0.25, -0.2) is 0 Å². The van der Waals surface area contributed by atoms with E-state index in [2.05, 4.69) is 17.4 Å². The molecule has 1 N–H and O–H groups in total. The van der Waals surface area contributed by atoms with E-state index in [1.165, 1.54) is 10.5 Å². The molecule has 1 unspecified atom stereocenters. The summed E-state index contributed by atoms with van der Waals surface area (Å²) in [5.41, 5.74) is 2.18. The van der Waals surface area contributed by atoms with Gasteiger partial charge in [0.15, 0.2) is 5.78 Å². The van der Waals surface area contributed by atoms with Gasteiger partial charge in [0, 0.05) is 16.2 Å². The maximum absolute atomic E-state index is 12.1. The van der Waals surface area contributed by atoms with E-state index in [-0.39, 0.29) is 11.8 Å². The van der Waals surface area contributed by atoms with E-state index < -0.39 is 0 Å². The number of Topliss-reactive ketones (excluding diaryl/α,β-unsaturated/α-hetero) is 1. The molecule has 0 aliphatic carbocycles. The smallest absolute Gasteiger partial charge is 0.179 e. The lowest BCUT2D eigenvalue weighted by Gasteiger charge is -2.13. The van der Waals surface area contributed by atoms with E-state index in [1.54, 1.807) is 0 Å². The summed E-state index contributed by atoms with van der Waals surface area (Å²) in [7, 11) is 1.84. The molecule has 0 radical (unpaired) electrons. The largest absolute Gasteiger partial charge is 0.310 e. The van der Waals surface area contributed by atoms with Crippen molar-refractivity contribution >= 4 is 17.5 Å². The van der Waals surface area contributed by atoms with Crippen molar-refractivity contribution in [1.29, 1.82) is 0 Å². The van der Waals surface area contributed by atoms with Gasteiger partial charge < -0.3 is 5.32 Å². The highest BCUT2D eigenvalue weighted by Gasteiger charge is 2.19. The van der Waals surface area contributed by atoms with Crippen molar-refractivity contribution < 1.29 is 4.79 Å². The minimum atomic E-state index is -0.0490. The normalized spacial score (nSPS) is 15.9. The third-order valence-corrected chi connectivity index (χ3v) is 4.16.